The molecule has 0 aliphatic heterocycles. The molecule has 1 atom stereocenters. The summed E-state index contributed by atoms with van der Waals surface area (Å²) < 4.78 is -1.76. The van der Waals surface area contributed by atoms with Crippen molar-refractivity contribution >= 4 is 40.6 Å². The van der Waals surface area contributed by atoms with E-state index in [2.05, 4.69) is 0 Å². The maximum atomic E-state index is 8.94. The first kappa shape index (κ1) is 10.3. The van der Waals surface area contributed by atoms with Crippen molar-refractivity contribution in [2.75, 3.05) is 0 Å². The zero-order valence-corrected chi connectivity index (χ0v) is 7.21. The summed E-state index contributed by atoms with van der Waals surface area (Å²) in [5.74, 6) is -0.209. The highest BCUT2D eigenvalue weighted by atomic mass is 35.6. The molecule has 0 radical (unpaired) electrons. The van der Waals surface area contributed by atoms with E-state index in [-0.39, 0.29) is 12.3 Å². The van der Waals surface area contributed by atoms with Crippen LogP contribution in [0, 0.1) is 5.41 Å². The van der Waals surface area contributed by atoms with Crippen molar-refractivity contribution in [3.05, 3.63) is 0 Å². The third-order valence-electron chi connectivity index (χ3n) is 0.791. The first-order valence-electron chi connectivity index (χ1n) is 2.41. The van der Waals surface area contributed by atoms with E-state index in [1.807, 2.05) is 0 Å². The summed E-state index contributed by atoms with van der Waals surface area (Å²) in [7, 11) is 0. The molecule has 0 bridgehead atoms. The molecule has 10 heavy (non-hydrogen) atoms. The minimum atomic E-state index is -1.76. The van der Waals surface area contributed by atoms with E-state index in [4.69, 9.17) is 51.1 Å². The lowest BCUT2D eigenvalue weighted by Gasteiger charge is -2.17. The predicted molar refractivity (Wildman–Crippen MR) is 42.8 cm³/mol. The van der Waals surface area contributed by atoms with Crippen LogP contribution in [-0.2, 0) is 0 Å². The molecule has 3 nitrogen and oxygen atoms in total. The molecule has 0 aromatic heterocycles. The van der Waals surface area contributed by atoms with E-state index in [9.17, 15) is 0 Å². The monoisotopic (exact) mass is 204 g/mol. The van der Waals surface area contributed by atoms with Crippen molar-refractivity contribution < 1.29 is 5.11 Å². The van der Waals surface area contributed by atoms with Crippen molar-refractivity contribution in [2.24, 2.45) is 5.73 Å². The van der Waals surface area contributed by atoms with Crippen LogP contribution in [-0.4, -0.2) is 20.8 Å². The van der Waals surface area contributed by atoms with Crippen LogP contribution in [0.2, 0.25) is 0 Å². The number of hydrogen-bond donors (Lipinski definition) is 3. The molecule has 0 heterocycles. The molecule has 60 valence electrons. The van der Waals surface area contributed by atoms with Crippen molar-refractivity contribution in [1.29, 1.82) is 5.41 Å². The molecule has 0 unspecified atom stereocenters. The number of hydrogen-bond acceptors (Lipinski definition) is 2. The van der Waals surface area contributed by atoms with Gasteiger partial charge in [-0.25, -0.2) is 0 Å². The molecule has 0 amide bonds. The summed E-state index contributed by atoms with van der Waals surface area (Å²) in [6.07, 6.45) is -1.34. The fraction of sp³-hybridized carbons (Fsp3) is 0.750. The van der Waals surface area contributed by atoms with Crippen molar-refractivity contribution in [3.63, 3.8) is 0 Å². The van der Waals surface area contributed by atoms with Gasteiger partial charge in [0.15, 0.2) is 0 Å². The number of amidine groups is 1. The van der Waals surface area contributed by atoms with E-state index in [1.54, 1.807) is 0 Å². The number of rotatable bonds is 2. The second kappa shape index (κ2) is 3.62. The van der Waals surface area contributed by atoms with Gasteiger partial charge in [0.05, 0.1) is 5.84 Å². The van der Waals surface area contributed by atoms with Gasteiger partial charge in [-0.15, -0.1) is 0 Å². The molecular weight excluding hydrogens is 198 g/mol. The number of alkyl halides is 3. The summed E-state index contributed by atoms with van der Waals surface area (Å²) in [5, 5.41) is 15.7. The van der Waals surface area contributed by atoms with Crippen LogP contribution in [0.1, 0.15) is 6.42 Å². The van der Waals surface area contributed by atoms with Gasteiger partial charge in [0.1, 0.15) is 6.10 Å². The summed E-state index contributed by atoms with van der Waals surface area (Å²) in [6.45, 7) is 0. The van der Waals surface area contributed by atoms with E-state index >= 15 is 0 Å². The lowest BCUT2D eigenvalue weighted by Crippen LogP contribution is -2.30. The van der Waals surface area contributed by atoms with Gasteiger partial charge >= 0.3 is 0 Å². The van der Waals surface area contributed by atoms with Crippen LogP contribution in [0.4, 0.5) is 0 Å². The summed E-state index contributed by atoms with van der Waals surface area (Å²) >= 11 is 15.8. The standard InChI is InChI=1S/C4H7Cl3N2O/c5-4(6,7)2(10)1-3(8)9/h2,10H,1H2,(H3,8,9)/t2-/m1/s1. The molecular formula is C4H7Cl3N2O. The Kier molecular flexibility index (Phi) is 3.73. The third kappa shape index (κ3) is 4.17. The SMILES string of the molecule is N=C(N)C[C@@H](O)C(Cl)(Cl)Cl. The van der Waals surface area contributed by atoms with Gasteiger partial charge in [0.25, 0.3) is 0 Å². The second-order valence-electron chi connectivity index (χ2n) is 1.79. The highest BCUT2D eigenvalue weighted by Crippen LogP contribution is 2.31. The Morgan fingerprint density at radius 1 is 1.60 bits per heavy atom. The molecule has 0 saturated carbocycles. The van der Waals surface area contributed by atoms with Crippen LogP contribution in [0.15, 0.2) is 0 Å². The molecule has 0 aliphatic rings. The average Bonchev–Trinajstić information content (AvgIpc) is 1.60. The Labute approximate surface area is 73.6 Å². The zero-order chi connectivity index (χ0) is 8.36. The minimum absolute atomic E-state index is 0.128. The van der Waals surface area contributed by atoms with Crippen LogP contribution in [0.5, 0.6) is 0 Å². The van der Waals surface area contributed by atoms with Gasteiger partial charge < -0.3 is 10.8 Å². The molecule has 0 rings (SSSR count). The van der Waals surface area contributed by atoms with Gasteiger partial charge in [-0.2, -0.15) is 0 Å². The van der Waals surface area contributed by atoms with Crippen LogP contribution < -0.4 is 5.73 Å². The van der Waals surface area contributed by atoms with Crippen LogP contribution in [0.3, 0.4) is 0 Å². The van der Waals surface area contributed by atoms with E-state index in [1.165, 1.54) is 0 Å². The Morgan fingerprint density at radius 3 is 2.10 bits per heavy atom. The third-order valence-corrected chi connectivity index (χ3v) is 1.55. The lowest BCUT2D eigenvalue weighted by molar-refractivity contribution is 0.186. The molecule has 0 spiro atoms. The molecule has 0 aromatic rings. The number of nitrogens with two attached hydrogens (primary N) is 1. The van der Waals surface area contributed by atoms with Crippen LogP contribution >= 0.6 is 34.8 Å². The van der Waals surface area contributed by atoms with E-state index in [0.29, 0.717) is 0 Å². The molecule has 0 fully saturated rings. The Hall–Kier alpha value is 0.300. The van der Waals surface area contributed by atoms with Crippen molar-refractivity contribution in [2.45, 2.75) is 16.3 Å². The maximum Gasteiger partial charge on any atom is 0.216 e. The summed E-state index contributed by atoms with van der Waals surface area (Å²) in [6, 6.07) is 0. The smallest absolute Gasteiger partial charge is 0.216 e. The first-order valence-corrected chi connectivity index (χ1v) is 3.55. The number of aliphatic hydroxyl groups excluding tert-OH is 1. The molecule has 6 heteroatoms. The van der Waals surface area contributed by atoms with Gasteiger partial charge in [0, 0.05) is 6.42 Å². The van der Waals surface area contributed by atoms with E-state index < -0.39 is 9.90 Å². The summed E-state index contributed by atoms with van der Waals surface area (Å²) in [4.78, 5) is 0. The van der Waals surface area contributed by atoms with Crippen molar-refractivity contribution in [1.82, 2.24) is 0 Å². The average molecular weight is 205 g/mol. The predicted octanol–water partition coefficient (Wildman–Crippen LogP) is 1.04. The fourth-order valence-corrected chi connectivity index (χ4v) is 0.555. The van der Waals surface area contributed by atoms with Gasteiger partial charge in [-0.05, 0) is 0 Å². The molecule has 0 aliphatic carbocycles. The Balaban J connectivity index is 3.85. The van der Waals surface area contributed by atoms with Gasteiger partial charge in [-0.1, -0.05) is 34.8 Å². The first-order chi connectivity index (χ1) is 4.34. The second-order valence-corrected chi connectivity index (χ2v) is 4.16. The van der Waals surface area contributed by atoms with Gasteiger partial charge in [-0.3, -0.25) is 5.41 Å². The highest BCUT2D eigenvalue weighted by molar-refractivity contribution is 6.68. The Morgan fingerprint density at radius 2 is 2.00 bits per heavy atom. The molecule has 0 aromatic carbocycles. The zero-order valence-electron chi connectivity index (χ0n) is 4.94. The largest absolute Gasteiger partial charge is 0.388 e. The topological polar surface area (TPSA) is 70.1 Å². The van der Waals surface area contributed by atoms with Gasteiger partial charge in [0.2, 0.25) is 3.79 Å². The minimum Gasteiger partial charge on any atom is -0.388 e. The number of aliphatic hydroxyl groups is 1. The lowest BCUT2D eigenvalue weighted by atomic mass is 10.3. The highest BCUT2D eigenvalue weighted by Gasteiger charge is 2.30. The Bertz CT molecular complexity index is 133. The molecule has 4 N–H and O–H groups in total. The number of nitrogens with one attached hydrogen (secondary N) is 1. The number of halogens is 3. The normalized spacial score (nSPS) is 14.8. The van der Waals surface area contributed by atoms with Crippen LogP contribution in [0.25, 0.3) is 0 Å². The quantitative estimate of drug-likeness (QED) is 0.358. The molecule has 0 saturated heterocycles. The van der Waals surface area contributed by atoms with Crippen molar-refractivity contribution in [3.8, 4) is 0 Å². The maximum absolute atomic E-state index is 8.94. The fourth-order valence-electron chi connectivity index (χ4n) is 0.324. The van der Waals surface area contributed by atoms with E-state index in [0.717, 1.165) is 0 Å². The summed E-state index contributed by atoms with van der Waals surface area (Å²) in [5.41, 5.74) is 4.94.